The zero-order valence-electron chi connectivity index (χ0n) is 25.7. The second-order valence-electron chi connectivity index (χ2n) is 12.7. The van der Waals surface area contributed by atoms with E-state index in [1.807, 2.05) is 0 Å². The molecule has 2 fully saturated rings. The molecule has 6 rings (SSSR count). The summed E-state index contributed by atoms with van der Waals surface area (Å²) in [6, 6.07) is 0. The van der Waals surface area contributed by atoms with E-state index in [0.717, 1.165) is 16.5 Å². The topological polar surface area (TPSA) is 218 Å². The van der Waals surface area contributed by atoms with Crippen LogP contribution in [0.1, 0.15) is 67.6 Å². The molecule has 1 aromatic carbocycles. The van der Waals surface area contributed by atoms with Crippen molar-refractivity contribution in [2.75, 3.05) is 39.6 Å². The average molecular weight is 650 g/mol. The van der Waals surface area contributed by atoms with Gasteiger partial charge in [-0.1, -0.05) is 0 Å². The lowest BCUT2D eigenvalue weighted by atomic mass is 9.72. The van der Waals surface area contributed by atoms with E-state index in [2.05, 4.69) is 5.32 Å². The van der Waals surface area contributed by atoms with Gasteiger partial charge in [0, 0.05) is 54.5 Å². The first-order valence-corrected chi connectivity index (χ1v) is 16.1. The highest BCUT2D eigenvalue weighted by molar-refractivity contribution is 5.97. The van der Waals surface area contributed by atoms with Gasteiger partial charge in [-0.05, 0) is 50.5 Å². The van der Waals surface area contributed by atoms with E-state index in [-0.39, 0.29) is 61.4 Å². The van der Waals surface area contributed by atoms with Crippen LogP contribution in [0.25, 0.3) is 11.0 Å². The maximum atomic E-state index is 13.3. The number of nitrogens with one attached hydrogen (secondary N) is 1. The number of carbonyl (C=O) groups is 2. The van der Waals surface area contributed by atoms with Crippen LogP contribution in [0.2, 0.25) is 0 Å². The molecule has 2 aromatic rings. The Labute approximate surface area is 265 Å². The van der Waals surface area contributed by atoms with Gasteiger partial charge in [-0.2, -0.15) is 0 Å². The number of aliphatic hydroxyl groups excluding tert-OH is 5. The predicted octanol–water partition coefficient (Wildman–Crippen LogP) is -0.0422. The summed E-state index contributed by atoms with van der Waals surface area (Å²) in [5.41, 5.74) is 0.260. The van der Waals surface area contributed by atoms with Gasteiger partial charge in [0.25, 0.3) is 0 Å². The quantitative estimate of drug-likeness (QED) is 0.119. The molecular formula is C32H43NO13. The third kappa shape index (κ3) is 5.43. The number of aliphatic hydroxyl groups is 6. The monoisotopic (exact) mass is 649 g/mol. The molecule has 7 N–H and O–H groups in total. The van der Waals surface area contributed by atoms with Crippen molar-refractivity contribution in [2.45, 2.75) is 87.5 Å². The largest absolute Gasteiger partial charge is 0.486 e. The lowest BCUT2D eigenvalue weighted by Crippen LogP contribution is -2.68. The van der Waals surface area contributed by atoms with Crippen molar-refractivity contribution in [1.29, 1.82) is 0 Å². The fraction of sp³-hybridized carbons (Fsp3) is 0.688. The lowest BCUT2D eigenvalue weighted by molar-refractivity contribution is -0.323. The fourth-order valence-electron chi connectivity index (χ4n) is 7.74. The molecule has 14 nitrogen and oxygen atoms in total. The standard InChI is InChI=1S/C32H43NO13/c1-2-42-30(40)16-9-15-10-17-19(12-33-29(17)39)20-14-44-26-23(20)22(15)18(11-16)25(27(26)43-8-4-3-6-34)46-31-32(41,5-7-35)28(38)24(37)21(13-36)45-31/h14-17,19,21,24,28,31,34-38,41H,2-13H2,1H3,(H,33,39). The Hall–Kier alpha value is -2.98. The van der Waals surface area contributed by atoms with Crippen molar-refractivity contribution >= 4 is 22.8 Å². The van der Waals surface area contributed by atoms with E-state index in [4.69, 9.17) is 23.4 Å². The molecule has 14 heteroatoms. The predicted molar refractivity (Wildman–Crippen MR) is 158 cm³/mol. The van der Waals surface area contributed by atoms with E-state index < -0.39 is 61.7 Å². The van der Waals surface area contributed by atoms with Crippen molar-refractivity contribution in [3.05, 3.63) is 23.0 Å². The Balaban J connectivity index is 1.55. The van der Waals surface area contributed by atoms with Crippen LogP contribution in [0.5, 0.6) is 11.5 Å². The van der Waals surface area contributed by atoms with Crippen molar-refractivity contribution in [2.24, 2.45) is 11.8 Å². The molecule has 1 aromatic heterocycles. The number of rotatable bonds is 12. The molecule has 2 aliphatic carbocycles. The van der Waals surface area contributed by atoms with E-state index in [0.29, 0.717) is 43.4 Å². The van der Waals surface area contributed by atoms with E-state index in [1.165, 1.54) is 0 Å². The first-order chi connectivity index (χ1) is 22.2. The van der Waals surface area contributed by atoms with Gasteiger partial charge in [0.05, 0.1) is 32.0 Å². The van der Waals surface area contributed by atoms with Crippen LogP contribution in [0.4, 0.5) is 0 Å². The lowest BCUT2D eigenvalue weighted by Gasteiger charge is -2.47. The third-order valence-corrected chi connectivity index (χ3v) is 10.0. The maximum absolute atomic E-state index is 13.3. The summed E-state index contributed by atoms with van der Waals surface area (Å²) < 4.78 is 30.2. The van der Waals surface area contributed by atoms with Gasteiger partial charge in [0.15, 0.2) is 16.9 Å². The molecule has 0 saturated carbocycles. The first-order valence-electron chi connectivity index (χ1n) is 16.1. The zero-order valence-corrected chi connectivity index (χ0v) is 25.7. The maximum Gasteiger partial charge on any atom is 0.309 e. The number of furan rings is 1. The first kappa shape index (κ1) is 32.9. The summed E-state index contributed by atoms with van der Waals surface area (Å²) in [4.78, 5) is 26.3. The molecule has 9 unspecified atom stereocenters. The smallest absolute Gasteiger partial charge is 0.309 e. The number of esters is 1. The Morgan fingerprint density at radius 3 is 2.63 bits per heavy atom. The van der Waals surface area contributed by atoms with Gasteiger partial charge in [0.2, 0.25) is 17.9 Å². The minimum Gasteiger partial charge on any atom is -0.486 e. The number of hydrogen-bond donors (Lipinski definition) is 7. The Morgan fingerprint density at radius 2 is 1.91 bits per heavy atom. The molecule has 0 bridgehead atoms. The summed E-state index contributed by atoms with van der Waals surface area (Å²) in [7, 11) is 0. The highest BCUT2D eigenvalue weighted by Gasteiger charge is 2.56. The molecule has 4 aliphatic rings. The molecule has 0 spiro atoms. The SMILES string of the molecule is CCOC(=O)C1Cc2c(OC3OC(CO)C(O)C(O)C3(O)CCO)c(OCCCCO)c3occ4c3c2C(C1)CC1C(=O)NCC41. The van der Waals surface area contributed by atoms with Crippen LogP contribution in [0, 0.1) is 11.8 Å². The van der Waals surface area contributed by atoms with Gasteiger partial charge in [-0.25, -0.2) is 0 Å². The van der Waals surface area contributed by atoms with Crippen LogP contribution in [0.15, 0.2) is 10.7 Å². The van der Waals surface area contributed by atoms with Crippen molar-refractivity contribution in [3.63, 3.8) is 0 Å². The van der Waals surface area contributed by atoms with Crippen molar-refractivity contribution in [3.8, 4) is 11.5 Å². The summed E-state index contributed by atoms with van der Waals surface area (Å²) in [5.74, 6) is -1.66. The van der Waals surface area contributed by atoms with Crippen LogP contribution in [0.3, 0.4) is 0 Å². The number of ether oxygens (including phenoxy) is 4. The normalized spacial score (nSPS) is 33.3. The molecule has 46 heavy (non-hydrogen) atoms. The summed E-state index contributed by atoms with van der Waals surface area (Å²) in [5, 5.41) is 66.1. The van der Waals surface area contributed by atoms with Crippen LogP contribution >= 0.6 is 0 Å². The van der Waals surface area contributed by atoms with Crippen LogP contribution < -0.4 is 14.8 Å². The molecule has 0 radical (unpaired) electrons. The van der Waals surface area contributed by atoms with Gasteiger partial charge >= 0.3 is 5.97 Å². The molecular weight excluding hydrogens is 606 g/mol. The zero-order chi connectivity index (χ0) is 32.7. The average Bonchev–Trinajstić information content (AvgIpc) is 3.60. The number of hydrogen-bond acceptors (Lipinski definition) is 13. The second-order valence-corrected chi connectivity index (χ2v) is 12.7. The Kier molecular flexibility index (Phi) is 9.50. The highest BCUT2D eigenvalue weighted by Crippen LogP contribution is 2.57. The second kappa shape index (κ2) is 13.3. The summed E-state index contributed by atoms with van der Waals surface area (Å²) in [6.07, 6.45) is -3.42. The van der Waals surface area contributed by atoms with Gasteiger partial charge in [-0.15, -0.1) is 0 Å². The van der Waals surface area contributed by atoms with Gasteiger partial charge in [-0.3, -0.25) is 9.59 Å². The molecule has 254 valence electrons. The third-order valence-electron chi connectivity index (χ3n) is 10.0. The number of carbonyl (C=O) groups excluding carboxylic acids is 2. The Morgan fingerprint density at radius 1 is 1.11 bits per heavy atom. The minimum absolute atomic E-state index is 0.0446. The van der Waals surface area contributed by atoms with Gasteiger partial charge < -0.3 is 59.3 Å². The Bertz CT molecular complexity index is 1440. The number of fused-ring (bicyclic) bond motifs is 2. The number of unbranched alkanes of at least 4 members (excludes halogenated alkanes) is 1. The van der Waals surface area contributed by atoms with Crippen LogP contribution in [-0.2, 0) is 25.5 Å². The highest BCUT2D eigenvalue weighted by atomic mass is 16.7. The van der Waals surface area contributed by atoms with Crippen LogP contribution in [-0.4, -0.2) is 112 Å². The van der Waals surface area contributed by atoms with E-state index in [9.17, 15) is 40.2 Å². The van der Waals surface area contributed by atoms with E-state index >= 15 is 0 Å². The van der Waals surface area contributed by atoms with Crippen molar-refractivity contribution < 1.29 is 63.6 Å². The molecule has 2 aliphatic heterocycles. The summed E-state index contributed by atoms with van der Waals surface area (Å²) >= 11 is 0. The molecule has 3 heterocycles. The minimum atomic E-state index is -2.32. The molecule has 9 atom stereocenters. The number of benzene rings is 1. The molecule has 1 amide bonds. The summed E-state index contributed by atoms with van der Waals surface area (Å²) in [6.45, 7) is 1.14. The number of amides is 1. The van der Waals surface area contributed by atoms with E-state index in [1.54, 1.807) is 13.2 Å². The fourth-order valence-corrected chi connectivity index (χ4v) is 7.74. The van der Waals surface area contributed by atoms with Gasteiger partial charge in [0.1, 0.15) is 18.3 Å². The van der Waals surface area contributed by atoms with Crippen molar-refractivity contribution in [1.82, 2.24) is 5.32 Å². The molecule has 2 saturated heterocycles.